The molecule has 2 rings (SSSR count). The molecule has 0 aliphatic carbocycles. The normalized spacial score (nSPS) is 10.1. The summed E-state index contributed by atoms with van der Waals surface area (Å²) in [6.07, 6.45) is 1.48. The van der Waals surface area contributed by atoms with Gasteiger partial charge in [0.15, 0.2) is 0 Å². The number of nitrogens with one attached hydrogen (secondary N) is 1. The van der Waals surface area contributed by atoms with Crippen molar-refractivity contribution in [3.63, 3.8) is 0 Å². The Morgan fingerprint density at radius 2 is 2.07 bits per heavy atom. The second-order valence-electron chi connectivity index (χ2n) is 3.17. The van der Waals surface area contributed by atoms with E-state index in [0.29, 0.717) is 11.4 Å². The Bertz CT molecular complexity index is 462. The monoisotopic (exact) mass is 202 g/mol. The molecule has 0 aliphatic heterocycles. The summed E-state index contributed by atoms with van der Waals surface area (Å²) < 4.78 is 0. The Balaban J connectivity index is 2.37. The van der Waals surface area contributed by atoms with E-state index in [1.807, 2.05) is 30.3 Å². The van der Waals surface area contributed by atoms with Crippen LogP contribution in [0.4, 0.5) is 0 Å². The summed E-state index contributed by atoms with van der Waals surface area (Å²) in [7, 11) is 0. The van der Waals surface area contributed by atoms with Crippen LogP contribution in [0.5, 0.6) is 0 Å². The number of aromatic nitrogens is 2. The van der Waals surface area contributed by atoms with E-state index in [1.54, 1.807) is 0 Å². The Hall–Kier alpha value is -2.10. The molecule has 2 N–H and O–H groups in total. The van der Waals surface area contributed by atoms with E-state index < -0.39 is 5.97 Å². The predicted octanol–water partition coefficient (Wildman–Crippen LogP) is 1.70. The number of carboxylic acid groups (broad SMARTS) is 1. The number of hydrogen-bond acceptors (Lipinski definition) is 2. The third-order valence-electron chi connectivity index (χ3n) is 2.09. The van der Waals surface area contributed by atoms with Crippen molar-refractivity contribution >= 4 is 5.97 Å². The first-order valence-corrected chi connectivity index (χ1v) is 4.57. The zero-order valence-electron chi connectivity index (χ0n) is 7.97. The van der Waals surface area contributed by atoms with E-state index in [-0.39, 0.29) is 6.42 Å². The first-order valence-electron chi connectivity index (χ1n) is 4.57. The van der Waals surface area contributed by atoms with E-state index in [9.17, 15) is 4.79 Å². The lowest BCUT2D eigenvalue weighted by Crippen LogP contribution is -2.01. The van der Waals surface area contributed by atoms with Crippen LogP contribution in [0.3, 0.4) is 0 Å². The van der Waals surface area contributed by atoms with Crippen molar-refractivity contribution in [2.75, 3.05) is 0 Å². The molecule has 76 valence electrons. The Morgan fingerprint density at radius 3 is 2.73 bits per heavy atom. The number of aliphatic carboxylic acids is 1. The topological polar surface area (TPSA) is 66.0 Å². The van der Waals surface area contributed by atoms with E-state index >= 15 is 0 Å². The summed E-state index contributed by atoms with van der Waals surface area (Å²) in [5.41, 5.74) is 2.27. The van der Waals surface area contributed by atoms with Gasteiger partial charge in [-0.1, -0.05) is 30.3 Å². The average Bonchev–Trinajstić information content (AvgIpc) is 2.66. The molecule has 1 aromatic carbocycles. The third-order valence-corrected chi connectivity index (χ3v) is 2.09. The molecule has 0 saturated carbocycles. The number of aromatic amines is 1. The molecule has 1 aromatic heterocycles. The summed E-state index contributed by atoms with van der Waals surface area (Å²) in [6, 6.07) is 9.51. The fourth-order valence-corrected chi connectivity index (χ4v) is 1.45. The minimum Gasteiger partial charge on any atom is -0.481 e. The zero-order chi connectivity index (χ0) is 10.7. The minimum absolute atomic E-state index is 0.0375. The molecule has 0 bridgehead atoms. The van der Waals surface area contributed by atoms with Crippen LogP contribution in [0.15, 0.2) is 36.7 Å². The fourth-order valence-electron chi connectivity index (χ4n) is 1.45. The number of rotatable bonds is 3. The van der Waals surface area contributed by atoms with Gasteiger partial charge >= 0.3 is 5.97 Å². The highest BCUT2D eigenvalue weighted by Gasteiger charge is 2.10. The Labute approximate surface area is 86.6 Å². The molecule has 0 spiro atoms. The van der Waals surface area contributed by atoms with Crippen molar-refractivity contribution in [2.45, 2.75) is 6.42 Å². The highest BCUT2D eigenvalue weighted by Crippen LogP contribution is 2.19. The maximum absolute atomic E-state index is 10.6. The first kappa shape index (κ1) is 9.45. The summed E-state index contributed by atoms with van der Waals surface area (Å²) >= 11 is 0. The van der Waals surface area contributed by atoms with Gasteiger partial charge in [-0.2, -0.15) is 0 Å². The first-order chi connectivity index (χ1) is 7.27. The molecule has 0 radical (unpaired) electrons. The van der Waals surface area contributed by atoms with Crippen LogP contribution >= 0.6 is 0 Å². The van der Waals surface area contributed by atoms with Crippen LogP contribution in [0, 0.1) is 0 Å². The van der Waals surface area contributed by atoms with Crippen molar-refractivity contribution < 1.29 is 9.90 Å². The standard InChI is InChI=1S/C11H10N2O2/c14-10(15)6-9-11(13-7-12-9)8-4-2-1-3-5-8/h1-5,7H,6H2,(H,12,13)(H,14,15). The van der Waals surface area contributed by atoms with Gasteiger partial charge in [0.05, 0.1) is 24.1 Å². The maximum Gasteiger partial charge on any atom is 0.309 e. The van der Waals surface area contributed by atoms with Crippen LogP contribution in [0.2, 0.25) is 0 Å². The van der Waals surface area contributed by atoms with Gasteiger partial charge < -0.3 is 10.1 Å². The SMILES string of the molecule is O=C(O)Cc1[nH]cnc1-c1ccccc1. The van der Waals surface area contributed by atoms with Gasteiger partial charge in [-0.15, -0.1) is 0 Å². The van der Waals surface area contributed by atoms with Crippen LogP contribution < -0.4 is 0 Å². The highest BCUT2D eigenvalue weighted by atomic mass is 16.4. The third kappa shape index (κ3) is 2.04. The molecular formula is C11H10N2O2. The molecule has 0 atom stereocenters. The number of hydrogen-bond donors (Lipinski definition) is 2. The van der Waals surface area contributed by atoms with Crippen LogP contribution in [0.25, 0.3) is 11.3 Å². The zero-order valence-corrected chi connectivity index (χ0v) is 7.97. The van der Waals surface area contributed by atoms with Crippen molar-refractivity contribution in [1.82, 2.24) is 9.97 Å². The minimum atomic E-state index is -0.864. The van der Waals surface area contributed by atoms with Crippen molar-refractivity contribution in [2.24, 2.45) is 0 Å². The van der Waals surface area contributed by atoms with Crippen LogP contribution in [0.1, 0.15) is 5.69 Å². The molecule has 2 aromatic rings. The molecule has 0 saturated heterocycles. The van der Waals surface area contributed by atoms with Gasteiger partial charge in [-0.25, -0.2) is 4.98 Å². The lowest BCUT2D eigenvalue weighted by molar-refractivity contribution is -0.136. The van der Waals surface area contributed by atoms with E-state index in [2.05, 4.69) is 9.97 Å². The summed E-state index contributed by atoms with van der Waals surface area (Å²) in [5, 5.41) is 8.71. The largest absolute Gasteiger partial charge is 0.481 e. The predicted molar refractivity (Wildman–Crippen MR) is 55.4 cm³/mol. The molecule has 0 amide bonds. The van der Waals surface area contributed by atoms with E-state index in [1.165, 1.54) is 6.33 Å². The lowest BCUT2D eigenvalue weighted by Gasteiger charge is -1.99. The maximum atomic E-state index is 10.6. The van der Waals surface area contributed by atoms with E-state index in [0.717, 1.165) is 5.56 Å². The van der Waals surface area contributed by atoms with Crippen molar-refractivity contribution in [3.05, 3.63) is 42.4 Å². The van der Waals surface area contributed by atoms with Crippen molar-refractivity contribution in [1.29, 1.82) is 0 Å². The van der Waals surface area contributed by atoms with Gasteiger partial charge in [0.2, 0.25) is 0 Å². The van der Waals surface area contributed by atoms with Crippen LogP contribution in [-0.4, -0.2) is 21.0 Å². The van der Waals surface area contributed by atoms with E-state index in [4.69, 9.17) is 5.11 Å². The summed E-state index contributed by atoms with van der Waals surface area (Å²) in [4.78, 5) is 17.6. The molecule has 15 heavy (non-hydrogen) atoms. The molecule has 0 aliphatic rings. The number of carbonyl (C=O) groups is 1. The number of carboxylic acids is 1. The molecule has 0 fully saturated rings. The Morgan fingerprint density at radius 1 is 1.33 bits per heavy atom. The van der Waals surface area contributed by atoms with Gasteiger partial charge in [0, 0.05) is 5.56 Å². The Kier molecular flexibility index (Phi) is 2.49. The molecule has 0 unspecified atom stereocenters. The van der Waals surface area contributed by atoms with Crippen LogP contribution in [-0.2, 0) is 11.2 Å². The molecular weight excluding hydrogens is 192 g/mol. The second-order valence-corrected chi connectivity index (χ2v) is 3.17. The van der Waals surface area contributed by atoms with Crippen molar-refractivity contribution in [3.8, 4) is 11.3 Å². The number of benzene rings is 1. The van der Waals surface area contributed by atoms with Gasteiger partial charge in [0.1, 0.15) is 0 Å². The fraction of sp³-hybridized carbons (Fsp3) is 0.0909. The van der Waals surface area contributed by atoms with Gasteiger partial charge in [-0.3, -0.25) is 4.79 Å². The quantitative estimate of drug-likeness (QED) is 0.796. The smallest absolute Gasteiger partial charge is 0.309 e. The molecule has 1 heterocycles. The number of imidazole rings is 1. The second kappa shape index (κ2) is 3.96. The average molecular weight is 202 g/mol. The summed E-state index contributed by atoms with van der Waals surface area (Å²) in [5.74, 6) is -0.864. The van der Waals surface area contributed by atoms with Gasteiger partial charge in [-0.05, 0) is 0 Å². The summed E-state index contributed by atoms with van der Waals surface area (Å²) in [6.45, 7) is 0. The number of nitrogens with zero attached hydrogens (tertiary/aromatic N) is 1. The highest BCUT2D eigenvalue weighted by molar-refractivity contribution is 5.73. The molecule has 4 nitrogen and oxygen atoms in total. The molecule has 4 heteroatoms. The lowest BCUT2D eigenvalue weighted by atomic mass is 10.1. The van der Waals surface area contributed by atoms with Gasteiger partial charge in [0.25, 0.3) is 0 Å². The number of H-pyrrole nitrogens is 1.